The van der Waals surface area contributed by atoms with E-state index >= 15 is 0 Å². The molecule has 0 unspecified atom stereocenters. The van der Waals surface area contributed by atoms with Crippen LogP contribution in [0.25, 0.3) is 10.9 Å². The summed E-state index contributed by atoms with van der Waals surface area (Å²) in [4.78, 5) is 3.22. The maximum atomic E-state index is 8.91. The molecule has 80 valence electrons. The summed E-state index contributed by atoms with van der Waals surface area (Å²) in [7, 11) is 0. The molecule has 0 bridgehead atoms. The average molecular weight is 204 g/mol. The molecule has 3 nitrogen and oxygen atoms in total. The van der Waals surface area contributed by atoms with Gasteiger partial charge in [-0.3, -0.25) is 0 Å². The van der Waals surface area contributed by atoms with Crippen LogP contribution >= 0.6 is 0 Å². The van der Waals surface area contributed by atoms with Crippen LogP contribution in [0.1, 0.15) is 11.1 Å². The van der Waals surface area contributed by atoms with Gasteiger partial charge in [-0.2, -0.15) is 0 Å². The zero-order valence-corrected chi connectivity index (χ0v) is 8.83. The van der Waals surface area contributed by atoms with Gasteiger partial charge >= 0.3 is 0 Å². The van der Waals surface area contributed by atoms with Gasteiger partial charge in [0.1, 0.15) is 0 Å². The van der Waals surface area contributed by atoms with Gasteiger partial charge in [0.25, 0.3) is 0 Å². The molecule has 0 saturated heterocycles. The van der Waals surface area contributed by atoms with Crippen LogP contribution in [0.4, 0.5) is 0 Å². The monoisotopic (exact) mass is 204 g/mol. The Kier molecular flexibility index (Phi) is 2.75. The Morgan fingerprint density at radius 3 is 3.00 bits per heavy atom. The van der Waals surface area contributed by atoms with Crippen molar-refractivity contribution >= 4 is 10.9 Å². The lowest BCUT2D eigenvalue weighted by atomic mass is 10.1. The minimum absolute atomic E-state index is 0.0263. The van der Waals surface area contributed by atoms with Crippen molar-refractivity contribution in [3.8, 4) is 0 Å². The molecule has 0 spiro atoms. The molecule has 0 radical (unpaired) electrons. The zero-order chi connectivity index (χ0) is 10.8. The fourth-order valence-corrected chi connectivity index (χ4v) is 1.82. The number of fused-ring (bicyclic) bond motifs is 1. The van der Waals surface area contributed by atoms with Crippen LogP contribution in [-0.4, -0.2) is 22.7 Å². The Bertz CT molecular complexity index is 462. The van der Waals surface area contributed by atoms with E-state index in [2.05, 4.69) is 30.1 Å². The topological polar surface area (TPSA) is 62.0 Å². The SMILES string of the molecule is Cc1ccc2c(C[C@@H](N)CO)c[nH]c2c1. The number of nitrogens with one attached hydrogen (secondary N) is 1. The number of aromatic amines is 1. The molecule has 4 N–H and O–H groups in total. The number of rotatable bonds is 3. The molecule has 15 heavy (non-hydrogen) atoms. The molecule has 0 fully saturated rings. The smallest absolute Gasteiger partial charge is 0.0585 e. The summed E-state index contributed by atoms with van der Waals surface area (Å²) in [5, 5.41) is 10.1. The van der Waals surface area contributed by atoms with Crippen molar-refractivity contribution < 1.29 is 5.11 Å². The van der Waals surface area contributed by atoms with E-state index in [1.165, 1.54) is 16.5 Å². The fourth-order valence-electron chi connectivity index (χ4n) is 1.82. The summed E-state index contributed by atoms with van der Waals surface area (Å²) < 4.78 is 0. The summed E-state index contributed by atoms with van der Waals surface area (Å²) >= 11 is 0. The summed E-state index contributed by atoms with van der Waals surface area (Å²) in [6, 6.07) is 6.12. The molecule has 2 aromatic rings. The molecule has 2 rings (SSSR count). The van der Waals surface area contributed by atoms with E-state index in [1.54, 1.807) is 0 Å². The number of benzene rings is 1. The lowest BCUT2D eigenvalue weighted by Gasteiger charge is -2.06. The Balaban J connectivity index is 2.36. The highest BCUT2D eigenvalue weighted by atomic mass is 16.3. The van der Waals surface area contributed by atoms with Crippen molar-refractivity contribution in [3.63, 3.8) is 0 Å². The van der Waals surface area contributed by atoms with Crippen LogP contribution in [0, 0.1) is 6.92 Å². The number of H-pyrrole nitrogens is 1. The third kappa shape index (κ3) is 2.03. The Morgan fingerprint density at radius 2 is 2.27 bits per heavy atom. The lowest BCUT2D eigenvalue weighted by Crippen LogP contribution is -2.26. The highest BCUT2D eigenvalue weighted by Crippen LogP contribution is 2.20. The Labute approximate surface area is 88.9 Å². The molecule has 0 saturated carbocycles. The van der Waals surface area contributed by atoms with Gasteiger partial charge in [-0.05, 0) is 30.5 Å². The van der Waals surface area contributed by atoms with Gasteiger partial charge in [-0.1, -0.05) is 12.1 Å². The highest BCUT2D eigenvalue weighted by Gasteiger charge is 2.07. The largest absolute Gasteiger partial charge is 0.395 e. The third-order valence-electron chi connectivity index (χ3n) is 2.64. The van der Waals surface area contributed by atoms with Gasteiger partial charge in [0, 0.05) is 23.1 Å². The maximum Gasteiger partial charge on any atom is 0.0585 e. The van der Waals surface area contributed by atoms with Crippen molar-refractivity contribution in [2.75, 3.05) is 6.61 Å². The van der Waals surface area contributed by atoms with Gasteiger partial charge in [0.15, 0.2) is 0 Å². The molecule has 0 aliphatic rings. The van der Waals surface area contributed by atoms with E-state index in [1.807, 2.05) is 6.20 Å². The molecule has 1 atom stereocenters. The van der Waals surface area contributed by atoms with Gasteiger partial charge in [-0.25, -0.2) is 0 Å². The molecule has 1 heterocycles. The number of aromatic nitrogens is 1. The summed E-state index contributed by atoms with van der Waals surface area (Å²) in [5.41, 5.74) is 9.27. The summed E-state index contributed by atoms with van der Waals surface area (Å²) in [6.07, 6.45) is 2.68. The summed E-state index contributed by atoms with van der Waals surface area (Å²) in [5.74, 6) is 0. The Morgan fingerprint density at radius 1 is 1.47 bits per heavy atom. The first kappa shape index (κ1) is 10.2. The second kappa shape index (κ2) is 4.04. The van der Waals surface area contributed by atoms with Crippen LogP contribution in [0.2, 0.25) is 0 Å². The van der Waals surface area contributed by atoms with Gasteiger partial charge in [0.2, 0.25) is 0 Å². The molecule has 1 aromatic carbocycles. The van der Waals surface area contributed by atoms with Crippen LogP contribution in [-0.2, 0) is 6.42 Å². The van der Waals surface area contributed by atoms with E-state index < -0.39 is 0 Å². The third-order valence-corrected chi connectivity index (χ3v) is 2.64. The first-order valence-electron chi connectivity index (χ1n) is 5.13. The van der Waals surface area contributed by atoms with Crippen molar-refractivity contribution in [2.45, 2.75) is 19.4 Å². The second-order valence-corrected chi connectivity index (χ2v) is 4.01. The lowest BCUT2D eigenvalue weighted by molar-refractivity contribution is 0.265. The number of aliphatic hydroxyl groups excluding tert-OH is 1. The predicted octanol–water partition coefficient (Wildman–Crippen LogP) is 1.34. The predicted molar refractivity (Wildman–Crippen MR) is 61.8 cm³/mol. The van der Waals surface area contributed by atoms with E-state index in [9.17, 15) is 0 Å². The number of aliphatic hydroxyl groups is 1. The quantitative estimate of drug-likeness (QED) is 0.706. The van der Waals surface area contributed by atoms with Crippen LogP contribution < -0.4 is 5.73 Å². The first-order valence-corrected chi connectivity index (χ1v) is 5.13. The molecular formula is C12H16N2O. The number of aryl methyl sites for hydroxylation is 1. The summed E-state index contributed by atoms with van der Waals surface area (Å²) in [6.45, 7) is 2.10. The molecular weight excluding hydrogens is 188 g/mol. The minimum atomic E-state index is -0.176. The zero-order valence-electron chi connectivity index (χ0n) is 8.83. The molecule has 0 aliphatic carbocycles. The van der Waals surface area contributed by atoms with Gasteiger partial charge < -0.3 is 15.8 Å². The minimum Gasteiger partial charge on any atom is -0.395 e. The second-order valence-electron chi connectivity index (χ2n) is 4.01. The van der Waals surface area contributed by atoms with Crippen LogP contribution in [0.3, 0.4) is 0 Å². The van der Waals surface area contributed by atoms with Crippen molar-refractivity contribution in [1.82, 2.24) is 4.98 Å². The average Bonchev–Trinajstić information content (AvgIpc) is 2.60. The van der Waals surface area contributed by atoms with Gasteiger partial charge in [-0.15, -0.1) is 0 Å². The van der Waals surface area contributed by atoms with Crippen molar-refractivity contribution in [1.29, 1.82) is 0 Å². The van der Waals surface area contributed by atoms with E-state index in [0.29, 0.717) is 6.42 Å². The number of hydrogen-bond donors (Lipinski definition) is 3. The van der Waals surface area contributed by atoms with Crippen LogP contribution in [0.5, 0.6) is 0 Å². The Hall–Kier alpha value is -1.32. The van der Waals surface area contributed by atoms with E-state index in [4.69, 9.17) is 10.8 Å². The van der Waals surface area contributed by atoms with Crippen molar-refractivity contribution in [2.24, 2.45) is 5.73 Å². The standard InChI is InChI=1S/C12H16N2O/c1-8-2-3-11-9(5-10(13)7-15)6-14-12(11)4-8/h2-4,6,10,14-15H,5,7,13H2,1H3/t10-/m1/s1. The number of hydrogen-bond acceptors (Lipinski definition) is 2. The van der Waals surface area contributed by atoms with Crippen LogP contribution in [0.15, 0.2) is 24.4 Å². The first-order chi connectivity index (χ1) is 7.20. The fraction of sp³-hybridized carbons (Fsp3) is 0.333. The molecule has 0 amide bonds. The number of nitrogens with two attached hydrogens (primary N) is 1. The highest BCUT2D eigenvalue weighted by molar-refractivity contribution is 5.83. The van der Waals surface area contributed by atoms with E-state index in [0.717, 1.165) is 5.52 Å². The normalized spacial score (nSPS) is 13.3. The molecule has 0 aliphatic heterocycles. The molecule has 1 aromatic heterocycles. The van der Waals surface area contributed by atoms with Gasteiger partial charge in [0.05, 0.1) is 6.61 Å². The molecule has 3 heteroatoms. The maximum absolute atomic E-state index is 8.91. The van der Waals surface area contributed by atoms with E-state index in [-0.39, 0.29) is 12.6 Å². The van der Waals surface area contributed by atoms with Crippen molar-refractivity contribution in [3.05, 3.63) is 35.5 Å².